The molecule has 17 heavy (non-hydrogen) atoms. The van der Waals surface area contributed by atoms with Crippen LogP contribution in [0.25, 0.3) is 0 Å². The summed E-state index contributed by atoms with van der Waals surface area (Å²) in [5.41, 5.74) is 0. The maximum absolute atomic E-state index is 11.8. The van der Waals surface area contributed by atoms with Gasteiger partial charge in [-0.3, -0.25) is 4.79 Å². The molecule has 1 rings (SSSR count). The van der Waals surface area contributed by atoms with Gasteiger partial charge in [-0.05, 0) is 20.3 Å². The Labute approximate surface area is 99.3 Å². The molecular weight excluding hydrogens is 246 g/mol. The van der Waals surface area contributed by atoms with E-state index in [1.54, 1.807) is 13.8 Å². The van der Waals surface area contributed by atoms with Gasteiger partial charge < -0.3 is 10.1 Å². The number of aromatic amines is 1. The summed E-state index contributed by atoms with van der Waals surface area (Å²) in [5, 5.41) is 8.47. The van der Waals surface area contributed by atoms with E-state index in [1.165, 1.54) is 6.20 Å². The van der Waals surface area contributed by atoms with E-state index in [0.717, 1.165) is 0 Å². The fourth-order valence-corrected chi connectivity index (χ4v) is 2.51. The highest BCUT2D eigenvalue weighted by Gasteiger charge is 2.19. The first-order valence-electron chi connectivity index (χ1n) is 5.07. The second kappa shape index (κ2) is 5.28. The minimum atomic E-state index is -3.65. The lowest BCUT2D eigenvalue weighted by Crippen LogP contribution is -2.33. The zero-order valence-electron chi connectivity index (χ0n) is 9.60. The van der Waals surface area contributed by atoms with Gasteiger partial charge in [-0.15, -0.1) is 0 Å². The van der Waals surface area contributed by atoms with E-state index in [0.29, 0.717) is 5.82 Å². The second-order valence-electron chi connectivity index (χ2n) is 3.79. The molecule has 0 aliphatic rings. The molecule has 1 atom stereocenters. The first kappa shape index (κ1) is 13.7. The van der Waals surface area contributed by atoms with Crippen molar-refractivity contribution < 1.29 is 18.3 Å². The molecule has 0 aliphatic carbocycles. The first-order valence-corrected chi connectivity index (χ1v) is 6.55. The number of carboxylic acids is 1. The fraction of sp³-hybridized carbons (Fsp3) is 0.556. The predicted molar refractivity (Wildman–Crippen MR) is 60.0 cm³/mol. The van der Waals surface area contributed by atoms with Crippen LogP contribution in [-0.2, 0) is 14.8 Å². The van der Waals surface area contributed by atoms with Crippen molar-refractivity contribution in [1.82, 2.24) is 14.7 Å². The summed E-state index contributed by atoms with van der Waals surface area (Å²) < 4.78 is 25.9. The number of imidazole rings is 1. The van der Waals surface area contributed by atoms with Gasteiger partial charge in [-0.2, -0.15) is 0 Å². The molecule has 0 bridgehead atoms. The number of nitrogens with zero attached hydrogens (tertiary/aromatic N) is 1. The number of rotatable bonds is 6. The maximum atomic E-state index is 11.8. The van der Waals surface area contributed by atoms with E-state index < -0.39 is 22.0 Å². The molecule has 3 N–H and O–H groups in total. The summed E-state index contributed by atoms with van der Waals surface area (Å²) >= 11 is 0. The molecule has 96 valence electrons. The third-order valence-electron chi connectivity index (χ3n) is 2.12. The Morgan fingerprint density at radius 2 is 2.29 bits per heavy atom. The van der Waals surface area contributed by atoms with Crippen molar-refractivity contribution in [2.24, 2.45) is 0 Å². The molecule has 1 aromatic heterocycles. The smallest absolute Gasteiger partial charge is 0.303 e. The largest absolute Gasteiger partial charge is 0.481 e. The van der Waals surface area contributed by atoms with Crippen molar-refractivity contribution in [2.45, 2.75) is 37.8 Å². The molecule has 0 saturated carbocycles. The summed E-state index contributed by atoms with van der Waals surface area (Å²) in [4.78, 5) is 16.8. The predicted octanol–water partition coefficient (Wildman–Crippen LogP) is 0.250. The number of hydrogen-bond donors (Lipinski definition) is 3. The van der Waals surface area contributed by atoms with Crippen LogP contribution >= 0.6 is 0 Å². The fourth-order valence-electron chi connectivity index (χ4n) is 1.26. The molecule has 1 heterocycles. The van der Waals surface area contributed by atoms with Gasteiger partial charge in [-0.25, -0.2) is 18.1 Å². The Morgan fingerprint density at radius 1 is 1.65 bits per heavy atom. The molecule has 7 nitrogen and oxygen atoms in total. The highest BCUT2D eigenvalue weighted by atomic mass is 32.2. The maximum Gasteiger partial charge on any atom is 0.303 e. The van der Waals surface area contributed by atoms with Crippen LogP contribution in [0.1, 0.15) is 25.6 Å². The van der Waals surface area contributed by atoms with E-state index in [1.807, 2.05) is 0 Å². The number of nitrogens with one attached hydrogen (secondary N) is 2. The van der Waals surface area contributed by atoms with Crippen molar-refractivity contribution in [3.63, 3.8) is 0 Å². The molecule has 0 radical (unpaired) electrons. The third kappa shape index (κ3) is 4.16. The molecular formula is C9H15N3O4S. The zero-order valence-corrected chi connectivity index (χ0v) is 10.4. The molecule has 0 fully saturated rings. The topological polar surface area (TPSA) is 112 Å². The third-order valence-corrected chi connectivity index (χ3v) is 3.62. The van der Waals surface area contributed by atoms with Crippen LogP contribution in [0.2, 0.25) is 0 Å². The summed E-state index contributed by atoms with van der Waals surface area (Å²) in [5.74, 6) is -0.447. The number of hydrogen-bond acceptors (Lipinski definition) is 4. The number of carboxylic acid groups (broad SMARTS) is 1. The monoisotopic (exact) mass is 261 g/mol. The number of carbonyl (C=O) groups is 1. The molecule has 0 aliphatic heterocycles. The summed E-state index contributed by atoms with van der Waals surface area (Å²) in [7, 11) is -3.65. The van der Waals surface area contributed by atoms with Crippen LogP contribution < -0.4 is 4.72 Å². The molecule has 8 heteroatoms. The van der Waals surface area contributed by atoms with Crippen molar-refractivity contribution in [3.05, 3.63) is 12.0 Å². The highest BCUT2D eigenvalue weighted by Crippen LogP contribution is 2.07. The van der Waals surface area contributed by atoms with Crippen LogP contribution in [0.15, 0.2) is 11.2 Å². The van der Waals surface area contributed by atoms with Gasteiger partial charge in [0.2, 0.25) is 0 Å². The Balaban J connectivity index is 2.64. The van der Waals surface area contributed by atoms with Gasteiger partial charge in [0, 0.05) is 12.5 Å². The van der Waals surface area contributed by atoms with Crippen molar-refractivity contribution in [1.29, 1.82) is 0 Å². The molecule has 1 aromatic rings. The second-order valence-corrected chi connectivity index (χ2v) is 5.47. The lowest BCUT2D eigenvalue weighted by molar-refractivity contribution is -0.137. The molecule has 1 unspecified atom stereocenters. The standard InChI is InChI=1S/C9H15N3O4S/c1-6(3-4-9(13)14)12-17(15,16)8-5-10-7(2)11-8/h5-6,12H,3-4H2,1-2H3,(H,10,11)(H,13,14). The Hall–Kier alpha value is -1.41. The van der Waals surface area contributed by atoms with E-state index >= 15 is 0 Å². The summed E-state index contributed by atoms with van der Waals surface area (Å²) in [6.07, 6.45) is 1.38. The van der Waals surface area contributed by atoms with E-state index in [-0.39, 0.29) is 17.9 Å². The van der Waals surface area contributed by atoms with Gasteiger partial charge >= 0.3 is 5.97 Å². The number of aromatic nitrogens is 2. The SMILES string of the molecule is Cc1ncc(S(=O)(=O)NC(C)CCC(=O)O)[nH]1. The average Bonchev–Trinajstić information content (AvgIpc) is 2.62. The Morgan fingerprint density at radius 3 is 2.76 bits per heavy atom. The minimum absolute atomic E-state index is 0.0165. The quantitative estimate of drug-likeness (QED) is 0.679. The Bertz CT molecular complexity index is 494. The van der Waals surface area contributed by atoms with Crippen LogP contribution in [-0.4, -0.2) is 35.5 Å². The normalized spacial score (nSPS) is 13.5. The Kier molecular flexibility index (Phi) is 4.24. The number of sulfonamides is 1. The first-order chi connectivity index (χ1) is 7.81. The summed E-state index contributed by atoms with van der Waals surface area (Å²) in [6.45, 7) is 3.26. The van der Waals surface area contributed by atoms with Crippen LogP contribution in [0, 0.1) is 6.92 Å². The van der Waals surface area contributed by atoms with Gasteiger partial charge in [0.15, 0.2) is 5.03 Å². The van der Waals surface area contributed by atoms with Crippen LogP contribution in [0.4, 0.5) is 0 Å². The van der Waals surface area contributed by atoms with Gasteiger partial charge in [0.05, 0.1) is 6.20 Å². The lowest BCUT2D eigenvalue weighted by atomic mass is 10.2. The molecule has 0 saturated heterocycles. The van der Waals surface area contributed by atoms with Crippen molar-refractivity contribution in [3.8, 4) is 0 Å². The lowest BCUT2D eigenvalue weighted by Gasteiger charge is -2.11. The molecule has 0 amide bonds. The van der Waals surface area contributed by atoms with E-state index in [2.05, 4.69) is 14.7 Å². The number of aryl methyl sites for hydroxylation is 1. The zero-order chi connectivity index (χ0) is 13.1. The number of H-pyrrole nitrogens is 1. The van der Waals surface area contributed by atoms with Crippen LogP contribution in [0.3, 0.4) is 0 Å². The van der Waals surface area contributed by atoms with Gasteiger partial charge in [0.1, 0.15) is 5.82 Å². The average molecular weight is 261 g/mol. The minimum Gasteiger partial charge on any atom is -0.481 e. The highest BCUT2D eigenvalue weighted by molar-refractivity contribution is 7.89. The van der Waals surface area contributed by atoms with Crippen molar-refractivity contribution in [2.75, 3.05) is 0 Å². The van der Waals surface area contributed by atoms with Crippen molar-refractivity contribution >= 4 is 16.0 Å². The van der Waals surface area contributed by atoms with E-state index in [4.69, 9.17) is 5.11 Å². The van der Waals surface area contributed by atoms with Gasteiger partial charge in [-0.1, -0.05) is 0 Å². The molecule has 0 aromatic carbocycles. The number of aliphatic carboxylic acids is 1. The molecule has 0 spiro atoms. The summed E-state index contributed by atoms with van der Waals surface area (Å²) in [6, 6.07) is -0.445. The van der Waals surface area contributed by atoms with Crippen LogP contribution in [0.5, 0.6) is 0 Å². The van der Waals surface area contributed by atoms with E-state index in [9.17, 15) is 13.2 Å². The van der Waals surface area contributed by atoms with Gasteiger partial charge in [0.25, 0.3) is 10.0 Å².